The molecule has 4 unspecified atom stereocenters. The minimum Gasteiger partial charge on any atom is -0.506 e. The number of aliphatic hydroxyl groups is 1. The van der Waals surface area contributed by atoms with Crippen molar-refractivity contribution in [1.29, 1.82) is 0 Å². The predicted octanol–water partition coefficient (Wildman–Crippen LogP) is 4.82. The second-order valence-electron chi connectivity index (χ2n) is 14.9. The first kappa shape index (κ1) is 35.5. The first-order valence-electron chi connectivity index (χ1n) is 18.6. The zero-order valence-electron chi connectivity index (χ0n) is 29.9. The normalized spacial score (nSPS) is 23.8. The van der Waals surface area contributed by atoms with Crippen molar-refractivity contribution in [3.63, 3.8) is 0 Å². The molecule has 278 valence electrons. The molecule has 4 atom stereocenters. The number of carboxylic acid groups (broad SMARTS) is 1. The van der Waals surface area contributed by atoms with Crippen LogP contribution in [0.2, 0.25) is 0 Å². The molecule has 4 fully saturated rings. The Bertz CT molecular complexity index is 2200. The van der Waals surface area contributed by atoms with Gasteiger partial charge in [-0.05, 0) is 96.4 Å². The molecule has 0 saturated carbocycles. The summed E-state index contributed by atoms with van der Waals surface area (Å²) in [6.45, 7) is 4.16. The number of phenolic OH excluding ortho intramolecular Hbond substituents is 1. The van der Waals surface area contributed by atoms with Gasteiger partial charge in [0.05, 0.1) is 17.7 Å². The Balaban J connectivity index is 0.874. The third kappa shape index (κ3) is 6.63. The van der Waals surface area contributed by atoms with Crippen molar-refractivity contribution in [2.45, 2.75) is 43.6 Å². The average molecular weight is 729 g/mol. The van der Waals surface area contributed by atoms with Crippen LogP contribution in [0.1, 0.15) is 51.6 Å². The number of hydrogen-bond acceptors (Lipinski definition) is 8. The number of carbonyl (C=O) groups excluding carboxylic acids is 1. The molecule has 1 aromatic heterocycles. The third-order valence-electron chi connectivity index (χ3n) is 11.8. The van der Waals surface area contributed by atoms with E-state index in [9.17, 15) is 29.7 Å². The summed E-state index contributed by atoms with van der Waals surface area (Å²) in [5.41, 5.74) is 2.70. The fraction of sp³-hybridized carbons (Fsp3) is 0.326. The number of piperidine rings is 3. The number of benzene rings is 4. The Labute approximate surface area is 312 Å². The lowest BCUT2D eigenvalue weighted by molar-refractivity contribution is -0.162. The lowest BCUT2D eigenvalue weighted by Gasteiger charge is -2.61. The first-order valence-corrected chi connectivity index (χ1v) is 18.6. The molecular weight excluding hydrogens is 684 g/mol. The molecule has 2 bridgehead atoms. The molecule has 9 rings (SSSR count). The quantitative estimate of drug-likeness (QED) is 0.122. The number of nitrogens with one attached hydrogen (secondary N) is 2. The molecule has 4 aromatic carbocycles. The Morgan fingerprint density at radius 3 is 2.31 bits per heavy atom. The molecule has 4 aliphatic heterocycles. The van der Waals surface area contributed by atoms with Crippen LogP contribution in [0.5, 0.6) is 11.5 Å². The van der Waals surface area contributed by atoms with Crippen molar-refractivity contribution >= 4 is 22.8 Å². The van der Waals surface area contributed by atoms with E-state index in [0.717, 1.165) is 49.2 Å². The number of H-pyrrole nitrogens is 1. The smallest absolute Gasteiger partial charge is 0.318 e. The molecule has 5 N–H and O–H groups in total. The van der Waals surface area contributed by atoms with Crippen LogP contribution >= 0.6 is 0 Å². The standard InChI is InChI=1S/C43H44N4O7/c48-36-16-14-33(34-15-17-38(50)45-39(34)36)37(49)23-44-22-27-6-8-28(9-7-27)25-54-32-12-10-30(11-13-32)41(51)47-26-43(42(52)53,31-4-2-1-3-5-31)40(47)35-24-46-20-18-29(35)19-21-46/h1-17,29,35,37,40,44,48-49H,18-26H2,(H,45,50)(H,52,53). The van der Waals surface area contributed by atoms with E-state index in [1.807, 2.05) is 54.6 Å². The van der Waals surface area contributed by atoms with Crippen LogP contribution in [0.3, 0.4) is 0 Å². The van der Waals surface area contributed by atoms with Gasteiger partial charge < -0.3 is 40.2 Å². The van der Waals surface area contributed by atoms with Gasteiger partial charge in [0.25, 0.3) is 5.91 Å². The first-order chi connectivity index (χ1) is 26.2. The predicted molar refractivity (Wildman–Crippen MR) is 203 cm³/mol. The van der Waals surface area contributed by atoms with Gasteiger partial charge in [0, 0.05) is 43.2 Å². The zero-order valence-corrected chi connectivity index (χ0v) is 29.9. The lowest BCUT2D eigenvalue weighted by atomic mass is 9.58. The largest absolute Gasteiger partial charge is 0.506 e. The zero-order chi connectivity index (χ0) is 37.4. The van der Waals surface area contributed by atoms with E-state index in [-0.39, 0.29) is 36.2 Å². The van der Waals surface area contributed by atoms with E-state index in [2.05, 4.69) is 15.2 Å². The molecule has 4 aliphatic rings. The summed E-state index contributed by atoms with van der Waals surface area (Å²) >= 11 is 0. The van der Waals surface area contributed by atoms with Crippen LogP contribution in [-0.4, -0.2) is 80.7 Å². The number of fused-ring (bicyclic) bond motifs is 4. The number of rotatable bonds is 12. The van der Waals surface area contributed by atoms with Gasteiger partial charge in [-0.3, -0.25) is 14.4 Å². The maximum Gasteiger partial charge on any atom is 0.318 e. The minimum absolute atomic E-state index is 0.0489. The number of aliphatic carboxylic acids is 1. The number of amides is 1. The van der Waals surface area contributed by atoms with Crippen LogP contribution < -0.4 is 15.6 Å². The van der Waals surface area contributed by atoms with Gasteiger partial charge in [-0.1, -0.05) is 60.7 Å². The SMILES string of the molecule is O=C(c1ccc(OCc2ccc(CNCC(O)c3ccc(O)c4[nH]c(=O)ccc34)cc2)cc1)N1CC(C(=O)O)(c2ccccc2)C1C1CN2CCC1CC2. The van der Waals surface area contributed by atoms with Crippen molar-refractivity contribution in [1.82, 2.24) is 20.1 Å². The molecule has 54 heavy (non-hydrogen) atoms. The van der Waals surface area contributed by atoms with Crippen molar-refractivity contribution < 1.29 is 29.6 Å². The Kier molecular flexibility index (Phi) is 9.70. The molecule has 11 heteroatoms. The van der Waals surface area contributed by atoms with E-state index in [4.69, 9.17) is 4.74 Å². The van der Waals surface area contributed by atoms with Crippen LogP contribution in [0.25, 0.3) is 10.9 Å². The number of aromatic nitrogens is 1. The summed E-state index contributed by atoms with van der Waals surface area (Å²) in [6, 6.07) is 30.1. The number of aromatic hydroxyl groups is 1. The van der Waals surface area contributed by atoms with Crippen molar-refractivity contribution in [3.05, 3.63) is 141 Å². The van der Waals surface area contributed by atoms with Gasteiger partial charge in [-0.25, -0.2) is 0 Å². The van der Waals surface area contributed by atoms with Gasteiger partial charge in [0.15, 0.2) is 0 Å². The van der Waals surface area contributed by atoms with Gasteiger partial charge in [0.1, 0.15) is 23.5 Å². The van der Waals surface area contributed by atoms with Crippen LogP contribution in [0, 0.1) is 11.8 Å². The molecule has 5 aromatic rings. The van der Waals surface area contributed by atoms with Gasteiger partial charge >= 0.3 is 5.97 Å². The lowest BCUT2D eigenvalue weighted by Crippen LogP contribution is -2.76. The average Bonchev–Trinajstić information content (AvgIpc) is 3.18. The number of aliphatic hydroxyl groups excluding tert-OH is 1. The maximum atomic E-state index is 14.0. The monoisotopic (exact) mass is 728 g/mol. The molecule has 0 spiro atoms. The highest BCUT2D eigenvalue weighted by Gasteiger charge is 2.64. The summed E-state index contributed by atoms with van der Waals surface area (Å²) < 4.78 is 6.06. The molecule has 5 heterocycles. The number of carboxylic acids is 1. The summed E-state index contributed by atoms with van der Waals surface area (Å²) in [4.78, 5) is 45.7. The fourth-order valence-electron chi connectivity index (χ4n) is 8.88. The summed E-state index contributed by atoms with van der Waals surface area (Å²) in [7, 11) is 0. The van der Waals surface area contributed by atoms with Crippen molar-refractivity contribution in [2.24, 2.45) is 11.8 Å². The molecule has 4 saturated heterocycles. The number of ether oxygens (including phenoxy) is 1. The third-order valence-corrected chi connectivity index (χ3v) is 11.8. The molecule has 11 nitrogen and oxygen atoms in total. The van der Waals surface area contributed by atoms with Crippen molar-refractivity contribution in [2.75, 3.05) is 32.7 Å². The minimum atomic E-state index is -1.14. The fourth-order valence-corrected chi connectivity index (χ4v) is 8.88. The Morgan fingerprint density at radius 1 is 0.907 bits per heavy atom. The molecule has 1 amide bonds. The number of nitrogens with zero attached hydrogens (tertiary/aromatic N) is 2. The number of likely N-dealkylation sites (tertiary alicyclic amines) is 1. The maximum absolute atomic E-state index is 14.0. The Hall–Kier alpha value is -5.49. The number of hydrogen-bond donors (Lipinski definition) is 5. The molecular formula is C43H44N4O7. The summed E-state index contributed by atoms with van der Waals surface area (Å²) in [5, 5.41) is 35.5. The van der Waals surface area contributed by atoms with E-state index in [0.29, 0.717) is 46.8 Å². The van der Waals surface area contributed by atoms with E-state index in [1.165, 1.54) is 12.1 Å². The van der Waals surface area contributed by atoms with Gasteiger partial charge in [-0.2, -0.15) is 0 Å². The summed E-state index contributed by atoms with van der Waals surface area (Å²) in [5.74, 6) is 0.0507. The van der Waals surface area contributed by atoms with Gasteiger partial charge in [0.2, 0.25) is 5.56 Å². The highest BCUT2D eigenvalue weighted by atomic mass is 16.5. The number of pyridine rings is 1. The van der Waals surface area contributed by atoms with Crippen LogP contribution in [-0.2, 0) is 23.4 Å². The van der Waals surface area contributed by atoms with E-state index in [1.54, 1.807) is 41.3 Å². The van der Waals surface area contributed by atoms with Crippen molar-refractivity contribution in [3.8, 4) is 11.5 Å². The van der Waals surface area contributed by atoms with Crippen LogP contribution in [0.4, 0.5) is 0 Å². The topological polar surface area (TPSA) is 155 Å². The number of phenols is 1. The molecule has 0 aliphatic carbocycles. The van der Waals surface area contributed by atoms with E-state index >= 15 is 0 Å². The number of aromatic amines is 1. The highest BCUT2D eigenvalue weighted by molar-refractivity contribution is 5.98. The second kappa shape index (κ2) is 14.7. The van der Waals surface area contributed by atoms with Gasteiger partial charge in [-0.15, -0.1) is 0 Å². The highest BCUT2D eigenvalue weighted by Crippen LogP contribution is 2.50. The number of carbonyl (C=O) groups is 2. The molecule has 0 radical (unpaired) electrons. The van der Waals surface area contributed by atoms with E-state index < -0.39 is 23.5 Å². The van der Waals surface area contributed by atoms with Crippen LogP contribution in [0.15, 0.2) is 108 Å². The second-order valence-corrected chi connectivity index (χ2v) is 14.9. The summed E-state index contributed by atoms with van der Waals surface area (Å²) in [6.07, 6.45) is 1.22. The Morgan fingerprint density at radius 2 is 1.63 bits per heavy atom.